The smallest absolute Gasteiger partial charge is 0.224 e. The Kier molecular flexibility index (Phi) is 2.20. The van der Waals surface area contributed by atoms with E-state index < -0.39 is 0 Å². The van der Waals surface area contributed by atoms with Gasteiger partial charge in [-0.15, -0.1) is 0 Å². The predicted molar refractivity (Wildman–Crippen MR) is 47.9 cm³/mol. The van der Waals surface area contributed by atoms with Gasteiger partial charge in [0.25, 0.3) is 0 Å². The van der Waals surface area contributed by atoms with E-state index in [1.807, 2.05) is 0 Å². The number of allylic oxidation sites excluding steroid dienone is 1. The van der Waals surface area contributed by atoms with E-state index in [-0.39, 0.29) is 23.9 Å². The van der Waals surface area contributed by atoms with Crippen LogP contribution in [0.1, 0.15) is 5.76 Å². The zero-order valence-electron chi connectivity index (χ0n) is 7.27. The molecule has 1 aromatic heterocycles. The summed E-state index contributed by atoms with van der Waals surface area (Å²) in [6, 6.07) is 3.42. The minimum atomic E-state index is -0.277. The van der Waals surface area contributed by atoms with Crippen LogP contribution in [-0.2, 0) is 9.53 Å². The number of carbonyl (C=O) groups is 1. The fourth-order valence-electron chi connectivity index (χ4n) is 1.12. The first-order valence-corrected chi connectivity index (χ1v) is 4.08. The van der Waals surface area contributed by atoms with Gasteiger partial charge in [0, 0.05) is 12.2 Å². The second-order valence-corrected chi connectivity index (χ2v) is 2.76. The Bertz CT molecular complexity index is 398. The van der Waals surface area contributed by atoms with Gasteiger partial charge in [-0.1, -0.05) is 0 Å². The van der Waals surface area contributed by atoms with Crippen LogP contribution in [0.4, 0.5) is 0 Å². The minimum absolute atomic E-state index is 0.170. The standard InChI is InChI=1S/C10H8O4/c11-6-8-4-9(12)10(14-8)5-7-2-1-3-13-7/h1-5,11H,6H2. The molecule has 0 spiro atoms. The molecule has 4 nitrogen and oxygen atoms in total. The second kappa shape index (κ2) is 3.51. The molecule has 0 bridgehead atoms. The third-order valence-electron chi connectivity index (χ3n) is 1.75. The van der Waals surface area contributed by atoms with Crippen molar-refractivity contribution >= 4 is 11.9 Å². The molecule has 0 radical (unpaired) electrons. The molecule has 14 heavy (non-hydrogen) atoms. The first-order valence-electron chi connectivity index (χ1n) is 4.08. The third kappa shape index (κ3) is 1.60. The minimum Gasteiger partial charge on any atom is -0.465 e. The van der Waals surface area contributed by atoms with Gasteiger partial charge in [0.1, 0.15) is 18.1 Å². The Morgan fingerprint density at radius 1 is 1.50 bits per heavy atom. The van der Waals surface area contributed by atoms with Crippen molar-refractivity contribution in [1.29, 1.82) is 0 Å². The van der Waals surface area contributed by atoms with Gasteiger partial charge in [0.05, 0.1) is 6.26 Å². The quantitative estimate of drug-likeness (QED) is 0.712. The maximum atomic E-state index is 11.2. The van der Waals surface area contributed by atoms with Gasteiger partial charge >= 0.3 is 0 Å². The maximum absolute atomic E-state index is 11.2. The predicted octanol–water partition coefficient (Wildman–Crippen LogP) is 1.10. The number of aliphatic hydroxyl groups excluding tert-OH is 1. The van der Waals surface area contributed by atoms with Crippen molar-refractivity contribution in [1.82, 2.24) is 0 Å². The lowest BCUT2D eigenvalue weighted by Crippen LogP contribution is -1.93. The molecule has 2 rings (SSSR count). The van der Waals surface area contributed by atoms with E-state index in [9.17, 15) is 4.79 Å². The van der Waals surface area contributed by atoms with Crippen molar-refractivity contribution in [3.05, 3.63) is 41.8 Å². The van der Waals surface area contributed by atoms with Crippen LogP contribution < -0.4 is 0 Å². The molecule has 1 N–H and O–H groups in total. The van der Waals surface area contributed by atoms with Crippen LogP contribution in [0.2, 0.25) is 0 Å². The molecule has 2 heterocycles. The molecule has 0 unspecified atom stereocenters. The molecule has 0 amide bonds. The molecule has 0 aromatic carbocycles. The van der Waals surface area contributed by atoms with Crippen molar-refractivity contribution in [3.8, 4) is 0 Å². The average molecular weight is 192 g/mol. The largest absolute Gasteiger partial charge is 0.465 e. The van der Waals surface area contributed by atoms with E-state index in [2.05, 4.69) is 0 Å². The Hall–Kier alpha value is -1.81. The summed E-state index contributed by atoms with van der Waals surface area (Å²) in [5.74, 6) is 0.711. The first-order chi connectivity index (χ1) is 6.79. The summed E-state index contributed by atoms with van der Waals surface area (Å²) in [7, 11) is 0. The van der Waals surface area contributed by atoms with Gasteiger partial charge in [-0.2, -0.15) is 0 Å². The monoisotopic (exact) mass is 192 g/mol. The number of aliphatic hydroxyl groups is 1. The summed E-state index contributed by atoms with van der Waals surface area (Å²) in [4.78, 5) is 11.2. The van der Waals surface area contributed by atoms with E-state index in [0.717, 1.165) is 0 Å². The van der Waals surface area contributed by atoms with E-state index >= 15 is 0 Å². The van der Waals surface area contributed by atoms with E-state index in [4.69, 9.17) is 14.3 Å². The Balaban J connectivity index is 2.20. The van der Waals surface area contributed by atoms with Crippen LogP contribution in [-0.4, -0.2) is 17.5 Å². The zero-order chi connectivity index (χ0) is 9.97. The van der Waals surface area contributed by atoms with Crippen molar-refractivity contribution in [2.75, 3.05) is 6.61 Å². The van der Waals surface area contributed by atoms with E-state index in [1.165, 1.54) is 18.4 Å². The Morgan fingerprint density at radius 2 is 2.36 bits per heavy atom. The Labute approximate surface area is 80.1 Å². The fourth-order valence-corrected chi connectivity index (χ4v) is 1.12. The molecule has 0 saturated heterocycles. The van der Waals surface area contributed by atoms with Crippen LogP contribution in [0.5, 0.6) is 0 Å². The van der Waals surface area contributed by atoms with Crippen LogP contribution in [0.25, 0.3) is 6.08 Å². The van der Waals surface area contributed by atoms with Crippen molar-refractivity contribution in [2.24, 2.45) is 0 Å². The van der Waals surface area contributed by atoms with Gasteiger partial charge in [0.2, 0.25) is 5.78 Å². The molecule has 1 aromatic rings. The highest BCUT2D eigenvalue weighted by atomic mass is 16.5. The van der Waals surface area contributed by atoms with E-state index in [0.29, 0.717) is 5.76 Å². The average Bonchev–Trinajstić information content (AvgIpc) is 2.78. The summed E-state index contributed by atoms with van der Waals surface area (Å²) >= 11 is 0. The van der Waals surface area contributed by atoms with E-state index in [1.54, 1.807) is 12.1 Å². The highest BCUT2D eigenvalue weighted by molar-refractivity contribution is 6.07. The van der Waals surface area contributed by atoms with Crippen molar-refractivity contribution in [3.63, 3.8) is 0 Å². The van der Waals surface area contributed by atoms with Crippen molar-refractivity contribution in [2.45, 2.75) is 0 Å². The molecule has 72 valence electrons. The van der Waals surface area contributed by atoms with Gasteiger partial charge in [-0.3, -0.25) is 4.79 Å². The molecular weight excluding hydrogens is 184 g/mol. The number of carbonyl (C=O) groups excluding carboxylic acids is 1. The molecule has 1 aliphatic heterocycles. The lowest BCUT2D eigenvalue weighted by atomic mass is 10.3. The summed E-state index contributed by atoms with van der Waals surface area (Å²) in [6.45, 7) is -0.277. The summed E-state index contributed by atoms with van der Waals surface area (Å²) < 4.78 is 10.1. The normalized spacial score (nSPS) is 18.5. The first kappa shape index (κ1) is 8.77. The van der Waals surface area contributed by atoms with Gasteiger partial charge in [-0.05, 0) is 12.1 Å². The van der Waals surface area contributed by atoms with Crippen LogP contribution in [0.15, 0.2) is 40.4 Å². The summed E-state index contributed by atoms with van der Waals surface area (Å²) in [5, 5.41) is 8.73. The molecule has 1 aliphatic rings. The number of furan rings is 1. The fraction of sp³-hybridized carbons (Fsp3) is 0.100. The molecule has 0 fully saturated rings. The molecule has 4 heteroatoms. The highest BCUT2D eigenvalue weighted by Crippen LogP contribution is 2.19. The van der Waals surface area contributed by atoms with Crippen LogP contribution in [0.3, 0.4) is 0 Å². The van der Waals surface area contributed by atoms with Gasteiger partial charge in [-0.25, -0.2) is 0 Å². The summed E-state index contributed by atoms with van der Waals surface area (Å²) in [5.41, 5.74) is 0. The number of hydrogen-bond donors (Lipinski definition) is 1. The molecule has 0 aliphatic carbocycles. The van der Waals surface area contributed by atoms with Crippen LogP contribution in [0, 0.1) is 0 Å². The second-order valence-electron chi connectivity index (χ2n) is 2.76. The third-order valence-corrected chi connectivity index (χ3v) is 1.75. The summed E-state index contributed by atoms with van der Waals surface area (Å²) in [6.07, 6.45) is 4.25. The number of hydrogen-bond acceptors (Lipinski definition) is 4. The number of ketones is 1. The van der Waals surface area contributed by atoms with Crippen molar-refractivity contribution < 1.29 is 19.1 Å². The molecule has 0 saturated carbocycles. The van der Waals surface area contributed by atoms with Gasteiger partial charge in [0.15, 0.2) is 5.76 Å². The number of ether oxygens (including phenoxy) is 1. The molecular formula is C10H8O4. The van der Waals surface area contributed by atoms with Crippen LogP contribution >= 0.6 is 0 Å². The number of rotatable bonds is 2. The maximum Gasteiger partial charge on any atom is 0.224 e. The zero-order valence-corrected chi connectivity index (χ0v) is 7.27. The Morgan fingerprint density at radius 3 is 2.93 bits per heavy atom. The lowest BCUT2D eigenvalue weighted by Gasteiger charge is -1.98. The highest BCUT2D eigenvalue weighted by Gasteiger charge is 2.20. The lowest BCUT2D eigenvalue weighted by molar-refractivity contribution is -0.112. The SMILES string of the molecule is O=C1C=C(CO)OC1=Cc1ccco1. The van der Waals surface area contributed by atoms with Gasteiger partial charge < -0.3 is 14.3 Å². The molecule has 0 atom stereocenters. The topological polar surface area (TPSA) is 59.7 Å².